The van der Waals surface area contributed by atoms with Crippen LogP contribution in [0.5, 0.6) is 0 Å². The second kappa shape index (κ2) is 7.23. The van der Waals surface area contributed by atoms with Crippen molar-refractivity contribution in [3.8, 4) is 0 Å². The van der Waals surface area contributed by atoms with Gasteiger partial charge in [0.05, 0.1) is 5.56 Å². The molecule has 0 aliphatic heterocycles. The number of carbonyl (C=O) groups excluding carboxylic acids is 2. The fourth-order valence-corrected chi connectivity index (χ4v) is 2.84. The lowest BCUT2D eigenvalue weighted by atomic mass is 10.1. The zero-order valence-electron chi connectivity index (χ0n) is 13.8. The predicted octanol–water partition coefficient (Wildman–Crippen LogP) is 3.64. The molecular formula is C19H18ClFN2O2. The molecule has 3 rings (SSSR count). The minimum atomic E-state index is -0.574. The summed E-state index contributed by atoms with van der Waals surface area (Å²) >= 11 is 5.91. The summed E-state index contributed by atoms with van der Waals surface area (Å²) in [5, 5.41) is 2.89. The van der Waals surface area contributed by atoms with E-state index < -0.39 is 5.82 Å². The smallest absolute Gasteiger partial charge is 0.257 e. The van der Waals surface area contributed by atoms with Crippen molar-refractivity contribution >= 4 is 23.4 Å². The number of carbonyl (C=O) groups is 2. The normalized spacial score (nSPS) is 13.4. The second-order valence-electron chi connectivity index (χ2n) is 6.06. The Morgan fingerprint density at radius 2 is 1.88 bits per heavy atom. The molecule has 0 atom stereocenters. The molecule has 2 amide bonds. The highest BCUT2D eigenvalue weighted by Crippen LogP contribution is 2.31. The first-order chi connectivity index (χ1) is 12.0. The van der Waals surface area contributed by atoms with Crippen LogP contribution in [0, 0.1) is 5.82 Å². The number of amides is 2. The topological polar surface area (TPSA) is 49.4 Å². The summed E-state index contributed by atoms with van der Waals surface area (Å²) in [5.74, 6) is -1.10. The van der Waals surface area contributed by atoms with Gasteiger partial charge in [0.2, 0.25) is 0 Å². The maximum Gasteiger partial charge on any atom is 0.257 e. The zero-order valence-corrected chi connectivity index (χ0v) is 14.5. The fraction of sp³-hybridized carbons (Fsp3) is 0.263. The third-order valence-corrected chi connectivity index (χ3v) is 4.44. The molecule has 1 fully saturated rings. The Morgan fingerprint density at radius 3 is 2.48 bits per heavy atom. The summed E-state index contributed by atoms with van der Waals surface area (Å²) in [4.78, 5) is 26.1. The summed E-state index contributed by atoms with van der Waals surface area (Å²) < 4.78 is 14.0. The quantitative estimate of drug-likeness (QED) is 0.885. The Labute approximate surface area is 150 Å². The Balaban J connectivity index is 1.81. The van der Waals surface area contributed by atoms with Crippen molar-refractivity contribution in [3.63, 3.8) is 0 Å². The molecule has 6 heteroatoms. The lowest BCUT2D eigenvalue weighted by Gasteiger charge is -2.23. The number of benzene rings is 2. The molecule has 4 nitrogen and oxygen atoms in total. The van der Waals surface area contributed by atoms with Crippen LogP contribution < -0.4 is 5.32 Å². The summed E-state index contributed by atoms with van der Waals surface area (Å²) in [7, 11) is 1.57. The molecule has 0 bridgehead atoms. The largest absolute Gasteiger partial charge is 0.355 e. The molecule has 1 saturated carbocycles. The number of rotatable bonds is 5. The standard InChI is InChI=1S/C19H18ClFN2O2/c1-22-18(24)13-4-2-12(3-5-13)11-23(15-7-8-15)19(25)16-10-14(20)6-9-17(16)21/h2-6,9-10,15H,7-8,11H2,1H3,(H,22,24). The highest BCUT2D eigenvalue weighted by atomic mass is 35.5. The van der Waals surface area contributed by atoms with Crippen LogP contribution in [0.15, 0.2) is 42.5 Å². The molecule has 2 aromatic rings. The van der Waals surface area contributed by atoms with Crippen LogP contribution >= 0.6 is 11.6 Å². The molecule has 2 aromatic carbocycles. The van der Waals surface area contributed by atoms with Gasteiger partial charge < -0.3 is 10.2 Å². The van der Waals surface area contributed by atoms with Crippen molar-refractivity contribution in [1.82, 2.24) is 10.2 Å². The lowest BCUT2D eigenvalue weighted by Crippen LogP contribution is -2.33. The number of halogens is 2. The molecule has 0 unspecified atom stereocenters. The summed E-state index contributed by atoms with van der Waals surface area (Å²) in [5.41, 5.74) is 1.42. The van der Waals surface area contributed by atoms with Crippen LogP contribution in [0.3, 0.4) is 0 Å². The van der Waals surface area contributed by atoms with Crippen LogP contribution in [0.2, 0.25) is 5.02 Å². The first-order valence-electron chi connectivity index (χ1n) is 8.06. The molecular weight excluding hydrogens is 343 g/mol. The monoisotopic (exact) mass is 360 g/mol. The van der Waals surface area contributed by atoms with Crippen molar-refractivity contribution in [2.75, 3.05) is 7.05 Å². The maximum atomic E-state index is 14.0. The molecule has 0 aromatic heterocycles. The first-order valence-corrected chi connectivity index (χ1v) is 8.44. The van der Waals surface area contributed by atoms with Crippen LogP contribution in [0.4, 0.5) is 4.39 Å². The maximum absolute atomic E-state index is 14.0. The predicted molar refractivity (Wildman–Crippen MR) is 94.1 cm³/mol. The van der Waals surface area contributed by atoms with E-state index >= 15 is 0 Å². The SMILES string of the molecule is CNC(=O)c1ccc(CN(C(=O)c2cc(Cl)ccc2F)C2CC2)cc1. The van der Waals surface area contributed by atoms with E-state index in [-0.39, 0.29) is 23.4 Å². The van der Waals surface area contributed by atoms with Gasteiger partial charge in [0.25, 0.3) is 11.8 Å². The zero-order chi connectivity index (χ0) is 18.0. The Hall–Kier alpha value is -2.40. The van der Waals surface area contributed by atoms with E-state index in [1.54, 1.807) is 24.1 Å². The molecule has 0 radical (unpaired) electrons. The average molecular weight is 361 g/mol. The third-order valence-electron chi connectivity index (χ3n) is 4.20. The van der Waals surface area contributed by atoms with Crippen LogP contribution in [0.25, 0.3) is 0 Å². The van der Waals surface area contributed by atoms with Crippen LogP contribution in [-0.2, 0) is 6.54 Å². The van der Waals surface area contributed by atoms with Crippen LogP contribution in [-0.4, -0.2) is 29.8 Å². The van der Waals surface area contributed by atoms with E-state index in [0.29, 0.717) is 17.1 Å². The van der Waals surface area contributed by atoms with E-state index in [9.17, 15) is 14.0 Å². The Bertz CT molecular complexity index is 804. The molecule has 130 valence electrons. The number of nitrogens with one attached hydrogen (secondary N) is 1. The summed E-state index contributed by atoms with van der Waals surface area (Å²) in [6.07, 6.45) is 1.81. The molecule has 1 aliphatic rings. The van der Waals surface area contributed by atoms with Crippen molar-refractivity contribution in [2.45, 2.75) is 25.4 Å². The van der Waals surface area contributed by atoms with Crippen molar-refractivity contribution in [2.24, 2.45) is 0 Å². The fourth-order valence-electron chi connectivity index (χ4n) is 2.67. The highest BCUT2D eigenvalue weighted by Gasteiger charge is 2.34. The van der Waals surface area contributed by atoms with Gasteiger partial charge in [0, 0.05) is 30.2 Å². The molecule has 0 saturated heterocycles. The van der Waals surface area contributed by atoms with Gasteiger partial charge in [0.1, 0.15) is 5.82 Å². The summed E-state index contributed by atoms with van der Waals surface area (Å²) in [6, 6.07) is 11.1. The van der Waals surface area contributed by atoms with Gasteiger partial charge >= 0.3 is 0 Å². The minimum Gasteiger partial charge on any atom is -0.355 e. The van der Waals surface area contributed by atoms with Gasteiger partial charge in [-0.1, -0.05) is 23.7 Å². The van der Waals surface area contributed by atoms with E-state index in [2.05, 4.69) is 5.32 Å². The van der Waals surface area contributed by atoms with E-state index in [1.807, 2.05) is 12.1 Å². The molecule has 25 heavy (non-hydrogen) atoms. The number of nitrogens with zero attached hydrogens (tertiary/aromatic N) is 1. The first kappa shape index (κ1) is 17.4. The van der Waals surface area contributed by atoms with Gasteiger partial charge in [-0.15, -0.1) is 0 Å². The highest BCUT2D eigenvalue weighted by molar-refractivity contribution is 6.31. The van der Waals surface area contributed by atoms with Gasteiger partial charge in [-0.25, -0.2) is 4.39 Å². The van der Waals surface area contributed by atoms with Crippen molar-refractivity contribution < 1.29 is 14.0 Å². The Kier molecular flexibility index (Phi) is 5.04. The van der Waals surface area contributed by atoms with Crippen molar-refractivity contribution in [3.05, 3.63) is 70.0 Å². The van der Waals surface area contributed by atoms with Gasteiger partial charge in [-0.3, -0.25) is 9.59 Å². The van der Waals surface area contributed by atoms with E-state index in [4.69, 9.17) is 11.6 Å². The van der Waals surface area contributed by atoms with Gasteiger partial charge in [-0.2, -0.15) is 0 Å². The number of hydrogen-bond donors (Lipinski definition) is 1. The van der Waals surface area contributed by atoms with E-state index in [1.165, 1.54) is 18.2 Å². The minimum absolute atomic E-state index is 0.0126. The lowest BCUT2D eigenvalue weighted by molar-refractivity contribution is 0.0724. The summed E-state index contributed by atoms with van der Waals surface area (Å²) in [6.45, 7) is 0.365. The molecule has 0 spiro atoms. The molecule has 1 aliphatic carbocycles. The van der Waals surface area contributed by atoms with Crippen LogP contribution in [0.1, 0.15) is 39.1 Å². The molecule has 0 heterocycles. The second-order valence-corrected chi connectivity index (χ2v) is 6.50. The van der Waals surface area contributed by atoms with Crippen molar-refractivity contribution in [1.29, 1.82) is 0 Å². The van der Waals surface area contributed by atoms with E-state index in [0.717, 1.165) is 18.4 Å². The third kappa shape index (κ3) is 3.99. The van der Waals surface area contributed by atoms with Gasteiger partial charge in [0.15, 0.2) is 0 Å². The Morgan fingerprint density at radius 1 is 1.20 bits per heavy atom. The molecule has 1 N–H and O–H groups in total. The average Bonchev–Trinajstić information content (AvgIpc) is 3.46. The number of hydrogen-bond acceptors (Lipinski definition) is 2. The van der Waals surface area contributed by atoms with Gasteiger partial charge in [-0.05, 0) is 48.7 Å².